The number of rotatable bonds is 2. The zero-order valence-corrected chi connectivity index (χ0v) is 10.0. The fourth-order valence-electron chi connectivity index (χ4n) is 1.60. The zero-order valence-electron chi connectivity index (χ0n) is 8.50. The summed E-state index contributed by atoms with van der Waals surface area (Å²) in [4.78, 5) is 12.0. The summed E-state index contributed by atoms with van der Waals surface area (Å²) in [6, 6.07) is 4.84. The van der Waals surface area contributed by atoms with Gasteiger partial charge in [-0.05, 0) is 18.2 Å². The number of carbonyl (C=O) groups excluding carboxylic acids is 1. The second-order valence-corrected chi connectivity index (χ2v) is 4.40. The number of nitrogens with one attached hydrogen (secondary N) is 1. The summed E-state index contributed by atoms with van der Waals surface area (Å²) in [5.41, 5.74) is 0.458. The van der Waals surface area contributed by atoms with Crippen molar-refractivity contribution in [3.8, 4) is 0 Å². The highest BCUT2D eigenvalue weighted by atomic mass is 35.5. The molecule has 1 aromatic carbocycles. The Bertz CT molecular complexity index is 403. The van der Waals surface area contributed by atoms with Crippen molar-refractivity contribution in [3.05, 3.63) is 33.8 Å². The first kappa shape index (κ1) is 11.9. The van der Waals surface area contributed by atoms with Gasteiger partial charge in [-0.25, -0.2) is 0 Å². The Hall–Kier alpha value is -0.610. The van der Waals surface area contributed by atoms with Gasteiger partial charge in [-0.2, -0.15) is 0 Å². The van der Waals surface area contributed by atoms with Gasteiger partial charge < -0.3 is 10.1 Å². The third-order valence-corrected chi connectivity index (χ3v) is 2.96. The van der Waals surface area contributed by atoms with E-state index in [0.717, 1.165) is 6.54 Å². The molecule has 0 aromatic heterocycles. The molecule has 0 bridgehead atoms. The molecule has 1 saturated heterocycles. The van der Waals surface area contributed by atoms with Crippen LogP contribution in [0.5, 0.6) is 0 Å². The molecule has 0 spiro atoms. The molecule has 0 aliphatic carbocycles. The summed E-state index contributed by atoms with van der Waals surface area (Å²) < 4.78 is 5.38. The number of Topliss-reactive ketones (excluding diaryl/α,β-unsaturated/α-hetero) is 1. The topological polar surface area (TPSA) is 38.3 Å². The Morgan fingerprint density at radius 2 is 2.25 bits per heavy atom. The molecular formula is C11H11Cl2NO2. The predicted octanol–water partition coefficient (Wildman–Crippen LogP) is 2.16. The lowest BCUT2D eigenvalue weighted by atomic mass is 10.1. The van der Waals surface area contributed by atoms with Gasteiger partial charge in [0.15, 0.2) is 5.78 Å². The molecule has 1 fully saturated rings. The summed E-state index contributed by atoms with van der Waals surface area (Å²) in [5.74, 6) is -0.103. The fraction of sp³-hybridized carbons (Fsp3) is 0.364. The highest BCUT2D eigenvalue weighted by molar-refractivity contribution is 6.37. The lowest BCUT2D eigenvalue weighted by Crippen LogP contribution is -2.43. The van der Waals surface area contributed by atoms with Gasteiger partial charge in [0.2, 0.25) is 0 Å². The van der Waals surface area contributed by atoms with Gasteiger partial charge in [0.1, 0.15) is 6.10 Å². The number of carbonyl (C=O) groups is 1. The van der Waals surface area contributed by atoms with Gasteiger partial charge in [-0.3, -0.25) is 4.79 Å². The van der Waals surface area contributed by atoms with Crippen molar-refractivity contribution in [1.29, 1.82) is 0 Å². The third kappa shape index (κ3) is 2.55. The highest BCUT2D eigenvalue weighted by Gasteiger charge is 2.24. The maximum atomic E-state index is 12.0. The van der Waals surface area contributed by atoms with E-state index >= 15 is 0 Å². The maximum absolute atomic E-state index is 12.0. The van der Waals surface area contributed by atoms with Crippen molar-refractivity contribution in [1.82, 2.24) is 5.32 Å². The van der Waals surface area contributed by atoms with Crippen LogP contribution in [0.1, 0.15) is 10.4 Å². The Balaban J connectivity index is 2.19. The van der Waals surface area contributed by atoms with Gasteiger partial charge >= 0.3 is 0 Å². The number of morpholine rings is 1. The van der Waals surface area contributed by atoms with Gasteiger partial charge in [0.25, 0.3) is 0 Å². The standard InChI is InChI=1S/C11H11Cl2NO2/c12-7-1-2-8(9(13)5-7)11(15)10-6-14-3-4-16-10/h1-2,5,10,14H,3-4,6H2. The molecule has 1 N–H and O–H groups in total. The van der Waals surface area contributed by atoms with E-state index in [2.05, 4.69) is 5.32 Å². The van der Waals surface area contributed by atoms with Crippen LogP contribution in [0.15, 0.2) is 18.2 Å². The van der Waals surface area contributed by atoms with Crippen LogP contribution in [0.3, 0.4) is 0 Å². The van der Waals surface area contributed by atoms with E-state index in [1.54, 1.807) is 18.2 Å². The Morgan fingerprint density at radius 1 is 1.44 bits per heavy atom. The highest BCUT2D eigenvalue weighted by Crippen LogP contribution is 2.22. The molecule has 1 unspecified atom stereocenters. The predicted molar refractivity (Wildman–Crippen MR) is 63.4 cm³/mol. The van der Waals surface area contributed by atoms with Gasteiger partial charge in [0.05, 0.1) is 11.6 Å². The maximum Gasteiger partial charge on any atom is 0.194 e. The van der Waals surface area contributed by atoms with E-state index in [0.29, 0.717) is 28.8 Å². The Morgan fingerprint density at radius 3 is 2.88 bits per heavy atom. The van der Waals surface area contributed by atoms with Crippen LogP contribution in [0.25, 0.3) is 0 Å². The molecule has 16 heavy (non-hydrogen) atoms. The molecule has 0 amide bonds. The van der Waals surface area contributed by atoms with Crippen LogP contribution < -0.4 is 5.32 Å². The van der Waals surface area contributed by atoms with Crippen molar-refractivity contribution in [2.45, 2.75) is 6.10 Å². The van der Waals surface area contributed by atoms with Crippen LogP contribution in [0.2, 0.25) is 10.0 Å². The second-order valence-electron chi connectivity index (χ2n) is 3.55. The minimum absolute atomic E-state index is 0.103. The molecule has 2 rings (SSSR count). The Kier molecular flexibility index (Phi) is 3.82. The SMILES string of the molecule is O=C(c1ccc(Cl)cc1Cl)C1CNCCO1. The number of hydrogen-bond donors (Lipinski definition) is 1. The summed E-state index contributed by atoms with van der Waals surface area (Å²) in [6.45, 7) is 1.84. The summed E-state index contributed by atoms with van der Waals surface area (Å²) >= 11 is 11.7. The quantitative estimate of drug-likeness (QED) is 0.828. The van der Waals surface area contributed by atoms with E-state index in [1.165, 1.54) is 0 Å². The van der Waals surface area contributed by atoms with Crippen LogP contribution in [0, 0.1) is 0 Å². The molecule has 1 aromatic rings. The number of ketones is 1. The monoisotopic (exact) mass is 259 g/mol. The molecule has 0 radical (unpaired) electrons. The van der Waals surface area contributed by atoms with Crippen molar-refractivity contribution in [2.24, 2.45) is 0 Å². The van der Waals surface area contributed by atoms with E-state index in [-0.39, 0.29) is 5.78 Å². The van der Waals surface area contributed by atoms with Gasteiger partial charge in [-0.15, -0.1) is 0 Å². The first-order valence-corrected chi connectivity index (χ1v) is 5.75. The molecule has 1 aliphatic heterocycles. The first-order valence-electron chi connectivity index (χ1n) is 5.00. The van der Waals surface area contributed by atoms with Crippen molar-refractivity contribution in [2.75, 3.05) is 19.7 Å². The summed E-state index contributed by atoms with van der Waals surface area (Å²) in [6.07, 6.45) is -0.451. The van der Waals surface area contributed by atoms with Crippen molar-refractivity contribution >= 4 is 29.0 Å². The van der Waals surface area contributed by atoms with Crippen LogP contribution >= 0.6 is 23.2 Å². The van der Waals surface area contributed by atoms with E-state index in [1.807, 2.05) is 0 Å². The normalized spacial score (nSPS) is 20.8. The van der Waals surface area contributed by atoms with E-state index in [9.17, 15) is 4.79 Å². The first-order chi connectivity index (χ1) is 7.68. The average molecular weight is 260 g/mol. The summed E-state index contributed by atoms with van der Waals surface area (Å²) in [7, 11) is 0. The van der Waals surface area contributed by atoms with E-state index < -0.39 is 6.10 Å². The zero-order chi connectivity index (χ0) is 11.5. The van der Waals surface area contributed by atoms with Gasteiger partial charge in [0, 0.05) is 23.7 Å². The molecule has 86 valence electrons. The minimum Gasteiger partial charge on any atom is -0.367 e. The fourth-order valence-corrected chi connectivity index (χ4v) is 2.10. The number of halogens is 2. The minimum atomic E-state index is -0.451. The molecule has 1 atom stereocenters. The van der Waals surface area contributed by atoms with E-state index in [4.69, 9.17) is 27.9 Å². The van der Waals surface area contributed by atoms with Crippen LogP contribution in [-0.2, 0) is 4.74 Å². The molecule has 5 heteroatoms. The smallest absolute Gasteiger partial charge is 0.194 e. The third-order valence-electron chi connectivity index (χ3n) is 2.42. The second kappa shape index (κ2) is 5.15. The lowest BCUT2D eigenvalue weighted by molar-refractivity contribution is 0.0269. The number of hydrogen-bond acceptors (Lipinski definition) is 3. The van der Waals surface area contributed by atoms with Crippen LogP contribution in [-0.4, -0.2) is 31.6 Å². The number of ether oxygens (including phenoxy) is 1. The molecular weight excluding hydrogens is 249 g/mol. The molecule has 0 saturated carbocycles. The van der Waals surface area contributed by atoms with Crippen molar-refractivity contribution < 1.29 is 9.53 Å². The molecule has 3 nitrogen and oxygen atoms in total. The summed E-state index contributed by atoms with van der Waals surface area (Å²) in [5, 5.41) is 3.99. The largest absolute Gasteiger partial charge is 0.367 e. The molecule has 1 aliphatic rings. The lowest BCUT2D eigenvalue weighted by Gasteiger charge is -2.22. The Labute approximate surface area is 104 Å². The molecule has 1 heterocycles. The van der Waals surface area contributed by atoms with Crippen molar-refractivity contribution in [3.63, 3.8) is 0 Å². The van der Waals surface area contributed by atoms with Crippen LogP contribution in [0.4, 0.5) is 0 Å². The average Bonchev–Trinajstić information content (AvgIpc) is 2.29. The number of benzene rings is 1. The van der Waals surface area contributed by atoms with Gasteiger partial charge in [-0.1, -0.05) is 23.2 Å².